The average Bonchev–Trinajstić information content (AvgIpc) is 3.14. The van der Waals surface area contributed by atoms with Gasteiger partial charge in [-0.1, -0.05) is 44.7 Å². The van der Waals surface area contributed by atoms with Crippen molar-refractivity contribution in [3.8, 4) is 11.5 Å². The first kappa shape index (κ1) is 18.6. The minimum Gasteiger partial charge on any atom is -0.352 e. The largest absolute Gasteiger partial charge is 0.352 e. The molecule has 1 aromatic heterocycles. The van der Waals surface area contributed by atoms with Crippen molar-refractivity contribution in [2.45, 2.75) is 58.8 Å². The van der Waals surface area contributed by atoms with Crippen LogP contribution in [0, 0.1) is 11.8 Å². The number of nitrogens with one attached hydrogen (secondary N) is 1. The molecule has 1 N–H and O–H groups in total. The van der Waals surface area contributed by atoms with E-state index < -0.39 is 0 Å². The number of aromatic nitrogens is 2. The minimum absolute atomic E-state index is 0.0107. The average molecular weight is 355 g/mol. The van der Waals surface area contributed by atoms with Crippen LogP contribution in [0.25, 0.3) is 11.5 Å². The lowest BCUT2D eigenvalue weighted by Gasteiger charge is -2.28. The van der Waals surface area contributed by atoms with Gasteiger partial charge in [-0.05, 0) is 48.9 Å². The summed E-state index contributed by atoms with van der Waals surface area (Å²) in [6.45, 7) is 5.20. The molecule has 5 heteroatoms. The van der Waals surface area contributed by atoms with Crippen molar-refractivity contribution < 1.29 is 9.32 Å². The highest BCUT2D eigenvalue weighted by Crippen LogP contribution is 2.29. The second kappa shape index (κ2) is 8.97. The van der Waals surface area contributed by atoms with Crippen molar-refractivity contribution in [1.82, 2.24) is 15.5 Å². The van der Waals surface area contributed by atoms with Gasteiger partial charge in [-0.25, -0.2) is 0 Å². The number of unbranched alkanes of at least 4 members (excludes halogenated alkanes) is 1. The Kier molecular flexibility index (Phi) is 6.42. The Balaban J connectivity index is 1.56. The molecule has 3 rings (SSSR count). The zero-order valence-electron chi connectivity index (χ0n) is 15.8. The Hall–Kier alpha value is -2.17. The summed E-state index contributed by atoms with van der Waals surface area (Å²) < 4.78 is 5.33. The van der Waals surface area contributed by atoms with Gasteiger partial charge in [-0.3, -0.25) is 4.79 Å². The third-order valence-electron chi connectivity index (χ3n) is 5.43. The topological polar surface area (TPSA) is 68.0 Å². The van der Waals surface area contributed by atoms with Crippen LogP contribution in [-0.4, -0.2) is 22.6 Å². The lowest BCUT2D eigenvalue weighted by Crippen LogP contribution is -2.33. The van der Waals surface area contributed by atoms with Crippen LogP contribution >= 0.6 is 0 Å². The molecule has 0 aliphatic heterocycles. The van der Waals surface area contributed by atoms with Crippen LogP contribution in [0.1, 0.15) is 68.6 Å². The first-order valence-electron chi connectivity index (χ1n) is 9.88. The molecule has 1 saturated carbocycles. The summed E-state index contributed by atoms with van der Waals surface area (Å²) in [5.41, 5.74) is 1.51. The molecule has 140 valence electrons. The van der Waals surface area contributed by atoms with E-state index in [2.05, 4.69) is 29.3 Å². The minimum atomic E-state index is -0.0107. The molecule has 26 heavy (non-hydrogen) atoms. The van der Waals surface area contributed by atoms with Gasteiger partial charge in [0.2, 0.25) is 0 Å². The standard InChI is InChI=1S/C21H29N3O2/c1-3-4-9-19-23-21(26-24-19)17-12-10-16(11-13-17)20(25)22-14-18-8-6-5-7-15(18)2/h10-13,15,18H,3-9,14H2,1-2H3,(H,22,25)/t15-,18?/m0/s1. The van der Waals surface area contributed by atoms with Crippen LogP contribution in [0.3, 0.4) is 0 Å². The van der Waals surface area contributed by atoms with E-state index in [1.165, 1.54) is 25.7 Å². The summed E-state index contributed by atoms with van der Waals surface area (Å²) in [4.78, 5) is 16.8. The fourth-order valence-corrected chi connectivity index (χ4v) is 3.59. The normalized spacial score (nSPS) is 20.1. The van der Waals surface area contributed by atoms with Gasteiger partial charge < -0.3 is 9.84 Å². The van der Waals surface area contributed by atoms with Gasteiger partial charge in [-0.2, -0.15) is 4.98 Å². The molecule has 0 bridgehead atoms. The number of hydrogen-bond acceptors (Lipinski definition) is 4. The van der Waals surface area contributed by atoms with Gasteiger partial charge in [0.25, 0.3) is 11.8 Å². The number of hydrogen-bond donors (Lipinski definition) is 1. The highest BCUT2D eigenvalue weighted by atomic mass is 16.5. The van der Waals surface area contributed by atoms with Gasteiger partial charge in [0.15, 0.2) is 5.82 Å². The number of carbonyl (C=O) groups excluding carboxylic acids is 1. The molecule has 0 radical (unpaired) electrons. The van der Waals surface area contributed by atoms with Crippen LogP contribution in [-0.2, 0) is 6.42 Å². The third kappa shape index (κ3) is 4.71. The molecular weight excluding hydrogens is 326 g/mol. The predicted octanol–water partition coefficient (Wildman–Crippen LogP) is 4.64. The number of benzene rings is 1. The maximum atomic E-state index is 12.4. The summed E-state index contributed by atoms with van der Waals surface area (Å²) in [5.74, 6) is 2.55. The predicted molar refractivity (Wildman–Crippen MR) is 102 cm³/mol. The lowest BCUT2D eigenvalue weighted by atomic mass is 9.80. The number of nitrogens with zero attached hydrogens (tertiary/aromatic N) is 2. The van der Waals surface area contributed by atoms with E-state index in [0.29, 0.717) is 23.3 Å². The third-order valence-corrected chi connectivity index (χ3v) is 5.43. The fourth-order valence-electron chi connectivity index (χ4n) is 3.59. The summed E-state index contributed by atoms with van der Waals surface area (Å²) in [5, 5.41) is 7.11. The number of carbonyl (C=O) groups is 1. The van der Waals surface area contributed by atoms with E-state index in [4.69, 9.17) is 4.52 Å². The van der Waals surface area contributed by atoms with Crippen molar-refractivity contribution in [2.75, 3.05) is 6.54 Å². The fraction of sp³-hybridized carbons (Fsp3) is 0.571. The van der Waals surface area contributed by atoms with Crippen LogP contribution in [0.15, 0.2) is 28.8 Å². The molecule has 1 aromatic carbocycles. The van der Waals surface area contributed by atoms with Gasteiger partial charge in [0.1, 0.15) is 0 Å². The summed E-state index contributed by atoms with van der Waals surface area (Å²) in [6, 6.07) is 7.39. The van der Waals surface area contributed by atoms with E-state index >= 15 is 0 Å². The molecule has 2 aromatic rings. The molecule has 2 atom stereocenters. The highest BCUT2D eigenvalue weighted by molar-refractivity contribution is 5.94. The zero-order chi connectivity index (χ0) is 18.4. The van der Waals surface area contributed by atoms with Crippen LogP contribution in [0.2, 0.25) is 0 Å². The van der Waals surface area contributed by atoms with Crippen molar-refractivity contribution in [3.63, 3.8) is 0 Å². The van der Waals surface area contributed by atoms with Crippen LogP contribution in [0.5, 0.6) is 0 Å². The molecule has 1 amide bonds. The molecule has 0 spiro atoms. The highest BCUT2D eigenvalue weighted by Gasteiger charge is 2.21. The second-order valence-electron chi connectivity index (χ2n) is 7.43. The second-order valence-corrected chi connectivity index (χ2v) is 7.43. The monoisotopic (exact) mass is 355 g/mol. The summed E-state index contributed by atoms with van der Waals surface area (Å²) in [7, 11) is 0. The first-order chi connectivity index (χ1) is 12.7. The molecule has 0 saturated heterocycles. The Bertz CT molecular complexity index is 708. The Labute approximate surface area is 155 Å². The van der Waals surface area contributed by atoms with Crippen molar-refractivity contribution >= 4 is 5.91 Å². The van der Waals surface area contributed by atoms with E-state index in [9.17, 15) is 4.79 Å². The van der Waals surface area contributed by atoms with Gasteiger partial charge in [0.05, 0.1) is 0 Å². The summed E-state index contributed by atoms with van der Waals surface area (Å²) in [6.07, 6.45) is 8.09. The molecule has 1 aliphatic rings. The Morgan fingerprint density at radius 1 is 1.23 bits per heavy atom. The molecular formula is C21H29N3O2. The number of aryl methyl sites for hydroxylation is 1. The van der Waals surface area contributed by atoms with Gasteiger partial charge >= 0.3 is 0 Å². The number of amides is 1. The lowest BCUT2D eigenvalue weighted by molar-refractivity contribution is 0.0936. The molecule has 1 unspecified atom stereocenters. The zero-order valence-corrected chi connectivity index (χ0v) is 15.8. The summed E-state index contributed by atoms with van der Waals surface area (Å²) >= 11 is 0. The van der Waals surface area contributed by atoms with Crippen LogP contribution in [0.4, 0.5) is 0 Å². The van der Waals surface area contributed by atoms with Crippen molar-refractivity contribution in [2.24, 2.45) is 11.8 Å². The van der Waals surface area contributed by atoms with E-state index in [-0.39, 0.29) is 5.91 Å². The quantitative estimate of drug-likeness (QED) is 0.786. The van der Waals surface area contributed by atoms with Crippen molar-refractivity contribution in [3.05, 3.63) is 35.7 Å². The van der Waals surface area contributed by atoms with E-state index in [1.807, 2.05) is 24.3 Å². The maximum Gasteiger partial charge on any atom is 0.257 e. The first-order valence-corrected chi connectivity index (χ1v) is 9.88. The smallest absolute Gasteiger partial charge is 0.257 e. The molecule has 1 aliphatic carbocycles. The van der Waals surface area contributed by atoms with Crippen molar-refractivity contribution in [1.29, 1.82) is 0 Å². The molecule has 5 nitrogen and oxygen atoms in total. The maximum absolute atomic E-state index is 12.4. The SMILES string of the molecule is CCCCc1noc(-c2ccc(C(=O)NCC3CCCC[C@@H]3C)cc2)n1. The molecule has 1 heterocycles. The van der Waals surface area contributed by atoms with Gasteiger partial charge in [0, 0.05) is 24.1 Å². The van der Waals surface area contributed by atoms with Crippen LogP contribution < -0.4 is 5.32 Å². The van der Waals surface area contributed by atoms with Gasteiger partial charge in [-0.15, -0.1) is 0 Å². The molecule has 1 fully saturated rings. The number of rotatable bonds is 7. The Morgan fingerprint density at radius 3 is 2.73 bits per heavy atom. The van der Waals surface area contributed by atoms with E-state index in [0.717, 1.165) is 37.2 Å². The Morgan fingerprint density at radius 2 is 2.00 bits per heavy atom. The van der Waals surface area contributed by atoms with E-state index in [1.54, 1.807) is 0 Å².